The number of benzene rings is 1. The number of H-pyrrole nitrogens is 1. The Hall–Kier alpha value is -2.71. The topological polar surface area (TPSA) is 119 Å². The molecule has 20 heavy (non-hydrogen) atoms. The summed E-state index contributed by atoms with van der Waals surface area (Å²) >= 11 is 0. The van der Waals surface area contributed by atoms with Gasteiger partial charge in [0.1, 0.15) is 5.69 Å². The molecule has 9 nitrogen and oxygen atoms in total. The van der Waals surface area contributed by atoms with Gasteiger partial charge in [-0.25, -0.2) is 0 Å². The van der Waals surface area contributed by atoms with Gasteiger partial charge in [-0.05, 0) is 18.6 Å². The molecule has 2 aromatic rings. The third-order valence-electron chi connectivity index (χ3n) is 2.47. The van der Waals surface area contributed by atoms with Gasteiger partial charge in [0.05, 0.1) is 18.1 Å². The first-order valence-corrected chi connectivity index (χ1v) is 6.08. The number of tetrazole rings is 1. The van der Waals surface area contributed by atoms with Gasteiger partial charge in [0, 0.05) is 0 Å². The molecule has 0 amide bonds. The summed E-state index contributed by atoms with van der Waals surface area (Å²) in [6, 6.07) is 4.88. The lowest BCUT2D eigenvalue weighted by Gasteiger charge is -2.09. The summed E-state index contributed by atoms with van der Waals surface area (Å²) < 4.78 is 5.39. The fraction of sp³-hybridized carbons (Fsp3) is 0.364. The van der Waals surface area contributed by atoms with Crippen molar-refractivity contribution in [3.8, 4) is 5.75 Å². The number of nitro groups is 1. The molecule has 0 aliphatic rings. The van der Waals surface area contributed by atoms with Crippen molar-refractivity contribution in [3.63, 3.8) is 0 Å². The van der Waals surface area contributed by atoms with Crippen molar-refractivity contribution < 1.29 is 9.66 Å². The van der Waals surface area contributed by atoms with Crippen LogP contribution in [0.25, 0.3) is 0 Å². The molecule has 0 aliphatic carbocycles. The number of para-hydroxylation sites is 1. The van der Waals surface area contributed by atoms with Crippen LogP contribution in [-0.4, -0.2) is 32.2 Å². The largest absolute Gasteiger partial charge is 0.487 e. The summed E-state index contributed by atoms with van der Waals surface area (Å²) in [4.78, 5) is 10.7. The molecule has 0 saturated heterocycles. The smallest absolute Gasteiger partial charge is 0.333 e. The normalized spacial score (nSPS) is 10.2. The summed E-state index contributed by atoms with van der Waals surface area (Å²) in [6.45, 7) is 2.59. The molecule has 1 aromatic carbocycles. The van der Waals surface area contributed by atoms with Gasteiger partial charge in [-0.1, -0.05) is 18.2 Å². The maximum absolute atomic E-state index is 11.2. The minimum Gasteiger partial charge on any atom is -0.487 e. The summed E-state index contributed by atoms with van der Waals surface area (Å²) in [6.07, 6.45) is 0.775. The average molecular weight is 278 g/mol. The third-order valence-corrected chi connectivity index (χ3v) is 2.47. The lowest BCUT2D eigenvalue weighted by Crippen LogP contribution is -2.06. The third kappa shape index (κ3) is 3.19. The van der Waals surface area contributed by atoms with Crippen LogP contribution in [0.5, 0.6) is 5.75 Å². The SMILES string of the molecule is CCCOc1cccc(NCc2nn[nH]n2)c1[N+](=O)[O-]. The first-order valence-electron chi connectivity index (χ1n) is 6.08. The zero-order chi connectivity index (χ0) is 14.4. The molecule has 1 aromatic heterocycles. The molecule has 2 rings (SSSR count). The summed E-state index contributed by atoms with van der Waals surface area (Å²) in [5, 5.41) is 27.4. The Bertz CT molecular complexity index is 572. The number of aromatic amines is 1. The predicted octanol–water partition coefficient (Wildman–Crippen LogP) is 1.51. The number of rotatable bonds is 7. The Morgan fingerprint density at radius 3 is 3.00 bits per heavy atom. The molecule has 0 spiro atoms. The molecule has 0 radical (unpaired) electrons. The quantitative estimate of drug-likeness (QED) is 0.581. The van der Waals surface area contributed by atoms with E-state index in [1.807, 2.05) is 6.92 Å². The second-order valence-electron chi connectivity index (χ2n) is 3.94. The minimum atomic E-state index is -0.469. The van der Waals surface area contributed by atoms with E-state index < -0.39 is 4.92 Å². The van der Waals surface area contributed by atoms with E-state index in [-0.39, 0.29) is 18.0 Å². The van der Waals surface area contributed by atoms with Crippen LogP contribution in [0.1, 0.15) is 19.2 Å². The molecule has 0 aliphatic heterocycles. The van der Waals surface area contributed by atoms with E-state index in [2.05, 4.69) is 25.9 Å². The van der Waals surface area contributed by atoms with Gasteiger partial charge in [0.15, 0.2) is 11.6 Å². The molecule has 0 bridgehead atoms. The number of ether oxygens (including phenoxy) is 1. The van der Waals surface area contributed by atoms with Crippen molar-refractivity contribution in [2.45, 2.75) is 19.9 Å². The first kappa shape index (κ1) is 13.7. The van der Waals surface area contributed by atoms with Gasteiger partial charge in [-0.3, -0.25) is 10.1 Å². The Labute approximate surface area is 114 Å². The molecule has 2 N–H and O–H groups in total. The van der Waals surface area contributed by atoms with Crippen molar-refractivity contribution in [1.29, 1.82) is 0 Å². The maximum atomic E-state index is 11.2. The summed E-state index contributed by atoms with van der Waals surface area (Å²) in [5.41, 5.74) is 0.262. The fourth-order valence-corrected chi connectivity index (χ4v) is 1.61. The van der Waals surface area contributed by atoms with E-state index in [4.69, 9.17) is 4.74 Å². The molecule has 0 unspecified atom stereocenters. The number of nitrogens with one attached hydrogen (secondary N) is 2. The molecular weight excluding hydrogens is 264 g/mol. The Morgan fingerprint density at radius 2 is 2.35 bits per heavy atom. The maximum Gasteiger partial charge on any atom is 0.333 e. The van der Waals surface area contributed by atoms with Crippen LogP contribution in [0.4, 0.5) is 11.4 Å². The summed E-state index contributed by atoms with van der Waals surface area (Å²) in [7, 11) is 0. The van der Waals surface area contributed by atoms with Gasteiger partial charge in [0.2, 0.25) is 0 Å². The minimum absolute atomic E-state index is 0.0931. The van der Waals surface area contributed by atoms with Crippen LogP contribution in [0.15, 0.2) is 18.2 Å². The Balaban J connectivity index is 2.20. The van der Waals surface area contributed by atoms with Gasteiger partial charge >= 0.3 is 5.69 Å². The average Bonchev–Trinajstić information content (AvgIpc) is 2.95. The van der Waals surface area contributed by atoms with Crippen molar-refractivity contribution >= 4 is 11.4 Å². The second kappa shape index (κ2) is 6.45. The molecule has 1 heterocycles. The van der Waals surface area contributed by atoms with Crippen molar-refractivity contribution in [3.05, 3.63) is 34.1 Å². The molecule has 0 fully saturated rings. The zero-order valence-electron chi connectivity index (χ0n) is 10.9. The van der Waals surface area contributed by atoms with Crippen LogP contribution in [0.3, 0.4) is 0 Å². The number of nitrogens with zero attached hydrogens (tertiary/aromatic N) is 4. The van der Waals surface area contributed by atoms with E-state index in [0.717, 1.165) is 6.42 Å². The molecule has 106 valence electrons. The lowest BCUT2D eigenvalue weighted by molar-refractivity contribution is -0.385. The van der Waals surface area contributed by atoms with Crippen molar-refractivity contribution in [1.82, 2.24) is 20.6 Å². The molecule has 0 atom stereocenters. The Kier molecular flexibility index (Phi) is 4.43. The van der Waals surface area contributed by atoms with Crippen LogP contribution in [0.2, 0.25) is 0 Å². The highest BCUT2D eigenvalue weighted by Crippen LogP contribution is 2.34. The fourth-order valence-electron chi connectivity index (χ4n) is 1.61. The Morgan fingerprint density at radius 1 is 1.50 bits per heavy atom. The van der Waals surface area contributed by atoms with Crippen molar-refractivity contribution in [2.75, 3.05) is 11.9 Å². The highest BCUT2D eigenvalue weighted by atomic mass is 16.6. The van der Waals surface area contributed by atoms with E-state index in [1.54, 1.807) is 18.2 Å². The number of nitro benzene ring substituents is 1. The van der Waals surface area contributed by atoms with Crippen LogP contribution in [0, 0.1) is 10.1 Å². The van der Waals surface area contributed by atoms with Crippen LogP contribution >= 0.6 is 0 Å². The van der Waals surface area contributed by atoms with Crippen LogP contribution in [-0.2, 0) is 6.54 Å². The van der Waals surface area contributed by atoms with Gasteiger partial charge in [-0.2, -0.15) is 5.21 Å². The highest BCUT2D eigenvalue weighted by molar-refractivity contribution is 5.68. The van der Waals surface area contributed by atoms with Gasteiger partial charge < -0.3 is 10.1 Å². The van der Waals surface area contributed by atoms with E-state index in [1.165, 1.54) is 0 Å². The number of anilines is 1. The summed E-state index contributed by atoms with van der Waals surface area (Å²) in [5.74, 6) is 0.661. The van der Waals surface area contributed by atoms with Gasteiger partial charge in [-0.15, -0.1) is 10.2 Å². The first-order chi connectivity index (χ1) is 9.72. The monoisotopic (exact) mass is 278 g/mol. The van der Waals surface area contributed by atoms with E-state index >= 15 is 0 Å². The highest BCUT2D eigenvalue weighted by Gasteiger charge is 2.21. The number of hydrogen-bond acceptors (Lipinski definition) is 7. The molecule has 9 heteroatoms. The van der Waals surface area contributed by atoms with Crippen molar-refractivity contribution in [2.24, 2.45) is 0 Å². The second-order valence-corrected chi connectivity index (χ2v) is 3.94. The van der Waals surface area contributed by atoms with Crippen LogP contribution < -0.4 is 10.1 Å². The molecular formula is C11H14N6O3. The molecule has 0 saturated carbocycles. The number of aromatic nitrogens is 4. The zero-order valence-corrected chi connectivity index (χ0v) is 10.9. The predicted molar refractivity (Wildman–Crippen MR) is 70.4 cm³/mol. The number of hydrogen-bond donors (Lipinski definition) is 2. The van der Waals surface area contributed by atoms with Gasteiger partial charge in [0.25, 0.3) is 0 Å². The van der Waals surface area contributed by atoms with E-state index in [9.17, 15) is 10.1 Å². The lowest BCUT2D eigenvalue weighted by atomic mass is 10.2. The van der Waals surface area contributed by atoms with E-state index in [0.29, 0.717) is 18.1 Å². The standard InChI is InChI=1S/C11H14N6O3/c1-2-6-20-9-5-3-4-8(11(9)17(18)19)12-7-10-13-15-16-14-10/h3-5,12H,2,6-7H2,1H3,(H,13,14,15,16).